The Labute approximate surface area is 105 Å². The van der Waals surface area contributed by atoms with E-state index in [-0.39, 0.29) is 11.9 Å². The maximum Gasteiger partial charge on any atom is 0.272 e. The van der Waals surface area contributed by atoms with Gasteiger partial charge >= 0.3 is 0 Å². The lowest BCUT2D eigenvalue weighted by atomic mass is 10.2. The van der Waals surface area contributed by atoms with Gasteiger partial charge in [-0.25, -0.2) is 4.98 Å². The number of rotatable bonds is 4. The molecule has 0 fully saturated rings. The summed E-state index contributed by atoms with van der Waals surface area (Å²) in [5, 5.41) is 0.519. The molecule has 1 aromatic rings. The summed E-state index contributed by atoms with van der Waals surface area (Å²) >= 11 is 11.4. The van der Waals surface area contributed by atoms with Gasteiger partial charge in [0.2, 0.25) is 0 Å². The Bertz CT molecular complexity index is 352. The van der Waals surface area contributed by atoms with Crippen LogP contribution < -0.4 is 0 Å². The molecule has 0 unspecified atom stereocenters. The number of pyridine rings is 1. The highest BCUT2D eigenvalue weighted by Gasteiger charge is 2.18. The van der Waals surface area contributed by atoms with Crippen LogP contribution in [0.25, 0.3) is 0 Å². The summed E-state index contributed by atoms with van der Waals surface area (Å²) in [4.78, 5) is 17.7. The van der Waals surface area contributed by atoms with E-state index in [2.05, 4.69) is 4.98 Å². The van der Waals surface area contributed by atoms with Crippen molar-refractivity contribution in [2.75, 3.05) is 12.4 Å². The first-order chi connectivity index (χ1) is 7.56. The number of aromatic nitrogens is 1. The van der Waals surface area contributed by atoms with Crippen molar-refractivity contribution in [2.24, 2.45) is 0 Å². The molecule has 0 aliphatic carbocycles. The molecule has 1 rings (SSSR count). The third-order valence-electron chi connectivity index (χ3n) is 2.16. The van der Waals surface area contributed by atoms with Crippen LogP contribution in [0.2, 0.25) is 5.02 Å². The summed E-state index contributed by atoms with van der Waals surface area (Å²) in [5.41, 5.74) is 0.392. The number of alkyl halides is 1. The zero-order chi connectivity index (χ0) is 12.1. The van der Waals surface area contributed by atoms with Gasteiger partial charge in [0.15, 0.2) is 0 Å². The van der Waals surface area contributed by atoms with Gasteiger partial charge in [-0.15, -0.1) is 11.6 Å². The molecule has 0 spiro atoms. The third-order valence-corrected chi connectivity index (χ3v) is 2.55. The Morgan fingerprint density at radius 2 is 2.19 bits per heavy atom. The van der Waals surface area contributed by atoms with Crippen LogP contribution in [-0.2, 0) is 0 Å². The van der Waals surface area contributed by atoms with E-state index < -0.39 is 0 Å². The van der Waals surface area contributed by atoms with E-state index in [1.165, 1.54) is 6.20 Å². The van der Waals surface area contributed by atoms with Gasteiger partial charge in [-0.1, -0.05) is 11.6 Å². The molecule has 0 saturated carbocycles. The first-order valence-corrected chi connectivity index (χ1v) is 5.96. The van der Waals surface area contributed by atoms with Crippen LogP contribution >= 0.6 is 23.2 Å². The Hall–Kier alpha value is -0.800. The number of carbonyl (C=O) groups is 1. The Morgan fingerprint density at radius 1 is 1.50 bits per heavy atom. The molecule has 5 heteroatoms. The van der Waals surface area contributed by atoms with Gasteiger partial charge in [0, 0.05) is 24.7 Å². The molecular weight excluding hydrogens is 247 g/mol. The number of nitrogens with zero attached hydrogens (tertiary/aromatic N) is 2. The van der Waals surface area contributed by atoms with Crippen LogP contribution in [0, 0.1) is 0 Å². The van der Waals surface area contributed by atoms with Crippen molar-refractivity contribution in [1.82, 2.24) is 9.88 Å². The van der Waals surface area contributed by atoms with Gasteiger partial charge in [0.25, 0.3) is 5.91 Å². The SMILES string of the molecule is CC(C)N(CCCl)C(=O)c1ccc(Cl)cn1. The Morgan fingerprint density at radius 3 is 2.62 bits per heavy atom. The predicted octanol–water partition coefficient (Wildman–Crippen LogP) is 2.82. The number of hydrogen-bond acceptors (Lipinski definition) is 2. The summed E-state index contributed by atoms with van der Waals surface area (Å²) in [5.74, 6) is 0.296. The molecule has 16 heavy (non-hydrogen) atoms. The summed E-state index contributed by atoms with van der Waals surface area (Å²) in [6, 6.07) is 3.37. The zero-order valence-corrected chi connectivity index (χ0v) is 10.8. The summed E-state index contributed by atoms with van der Waals surface area (Å²) in [7, 11) is 0. The predicted molar refractivity (Wildman–Crippen MR) is 66.1 cm³/mol. The average molecular weight is 261 g/mol. The van der Waals surface area contributed by atoms with E-state index in [4.69, 9.17) is 23.2 Å². The second-order valence-corrected chi connectivity index (χ2v) is 4.46. The smallest absolute Gasteiger partial charge is 0.272 e. The van der Waals surface area contributed by atoms with Crippen LogP contribution in [0.1, 0.15) is 24.3 Å². The molecule has 0 aliphatic rings. The molecule has 0 aromatic carbocycles. The Kier molecular flexibility index (Phi) is 5.03. The Balaban J connectivity index is 2.86. The van der Waals surface area contributed by atoms with Gasteiger partial charge in [-0.3, -0.25) is 4.79 Å². The van der Waals surface area contributed by atoms with Crippen molar-refractivity contribution >= 4 is 29.1 Å². The van der Waals surface area contributed by atoms with Crippen LogP contribution in [0.15, 0.2) is 18.3 Å². The monoisotopic (exact) mass is 260 g/mol. The van der Waals surface area contributed by atoms with Crippen molar-refractivity contribution in [3.63, 3.8) is 0 Å². The fourth-order valence-electron chi connectivity index (χ4n) is 1.33. The van der Waals surface area contributed by atoms with Crippen LogP contribution in [0.3, 0.4) is 0 Å². The first kappa shape index (κ1) is 13.3. The van der Waals surface area contributed by atoms with Gasteiger partial charge < -0.3 is 4.90 Å². The molecule has 0 aliphatic heterocycles. The second kappa shape index (κ2) is 6.06. The lowest BCUT2D eigenvalue weighted by Gasteiger charge is -2.25. The van der Waals surface area contributed by atoms with Crippen molar-refractivity contribution < 1.29 is 4.79 Å². The lowest BCUT2D eigenvalue weighted by Crippen LogP contribution is -2.38. The van der Waals surface area contributed by atoms with Gasteiger partial charge in [-0.2, -0.15) is 0 Å². The van der Waals surface area contributed by atoms with Crippen molar-refractivity contribution in [2.45, 2.75) is 19.9 Å². The minimum absolute atomic E-state index is 0.101. The maximum atomic E-state index is 12.0. The van der Waals surface area contributed by atoms with E-state index in [9.17, 15) is 4.79 Å². The highest BCUT2D eigenvalue weighted by atomic mass is 35.5. The average Bonchev–Trinajstić information content (AvgIpc) is 2.25. The third kappa shape index (κ3) is 3.35. The minimum atomic E-state index is -0.118. The fourth-order valence-corrected chi connectivity index (χ4v) is 1.63. The van der Waals surface area contributed by atoms with Crippen LogP contribution in [-0.4, -0.2) is 34.3 Å². The van der Waals surface area contributed by atoms with E-state index in [0.717, 1.165) is 0 Å². The molecule has 0 atom stereocenters. The number of hydrogen-bond donors (Lipinski definition) is 0. The molecule has 1 heterocycles. The number of halogens is 2. The van der Waals surface area contributed by atoms with Crippen LogP contribution in [0.4, 0.5) is 0 Å². The summed E-state index contributed by atoms with van der Waals surface area (Å²) < 4.78 is 0. The molecule has 0 saturated heterocycles. The van der Waals surface area contributed by atoms with Crippen molar-refractivity contribution in [3.8, 4) is 0 Å². The van der Waals surface area contributed by atoms with E-state index in [1.807, 2.05) is 13.8 Å². The normalized spacial score (nSPS) is 10.6. The number of amides is 1. The quantitative estimate of drug-likeness (QED) is 0.781. The van der Waals surface area contributed by atoms with E-state index in [1.54, 1.807) is 17.0 Å². The van der Waals surface area contributed by atoms with Gasteiger partial charge in [-0.05, 0) is 26.0 Å². The summed E-state index contributed by atoms with van der Waals surface area (Å²) in [6.07, 6.45) is 1.47. The highest BCUT2D eigenvalue weighted by Crippen LogP contribution is 2.10. The van der Waals surface area contributed by atoms with Gasteiger partial charge in [0.05, 0.1) is 5.02 Å². The molecule has 88 valence electrons. The standard InChI is InChI=1S/C11H14Cl2N2O/c1-8(2)15(6-5-12)11(16)10-4-3-9(13)7-14-10/h3-4,7-8H,5-6H2,1-2H3. The first-order valence-electron chi connectivity index (χ1n) is 5.04. The minimum Gasteiger partial charge on any atom is -0.334 e. The van der Waals surface area contributed by atoms with Crippen molar-refractivity contribution in [1.29, 1.82) is 0 Å². The highest BCUT2D eigenvalue weighted by molar-refractivity contribution is 6.30. The van der Waals surface area contributed by atoms with E-state index in [0.29, 0.717) is 23.1 Å². The molecule has 0 radical (unpaired) electrons. The molecule has 0 N–H and O–H groups in total. The topological polar surface area (TPSA) is 33.2 Å². The largest absolute Gasteiger partial charge is 0.334 e. The van der Waals surface area contributed by atoms with E-state index >= 15 is 0 Å². The van der Waals surface area contributed by atoms with Crippen LogP contribution in [0.5, 0.6) is 0 Å². The molecule has 1 amide bonds. The molecule has 1 aromatic heterocycles. The molecular formula is C11H14Cl2N2O. The summed E-state index contributed by atoms with van der Waals surface area (Å²) in [6.45, 7) is 4.41. The zero-order valence-electron chi connectivity index (χ0n) is 9.28. The van der Waals surface area contributed by atoms with Gasteiger partial charge in [0.1, 0.15) is 5.69 Å². The fraction of sp³-hybridized carbons (Fsp3) is 0.455. The van der Waals surface area contributed by atoms with Crippen molar-refractivity contribution in [3.05, 3.63) is 29.0 Å². The molecule has 3 nitrogen and oxygen atoms in total. The lowest BCUT2D eigenvalue weighted by molar-refractivity contribution is 0.0712. The second-order valence-electron chi connectivity index (χ2n) is 3.64. The maximum absolute atomic E-state index is 12.0. The number of carbonyl (C=O) groups excluding carboxylic acids is 1. The molecule has 0 bridgehead atoms.